The monoisotopic (exact) mass is 375 g/mol. The summed E-state index contributed by atoms with van der Waals surface area (Å²) in [5.74, 6) is -11.1. The Morgan fingerprint density at radius 2 is 1.50 bits per heavy atom. The number of hydrogen-bond acceptors (Lipinski definition) is 3. The summed E-state index contributed by atoms with van der Waals surface area (Å²) in [5, 5.41) is 6.24. The highest BCUT2D eigenvalue weighted by molar-refractivity contribution is 6.07. The fourth-order valence-electron chi connectivity index (χ4n) is 3.16. The summed E-state index contributed by atoms with van der Waals surface area (Å²) in [6, 6.07) is -0.912. The van der Waals surface area contributed by atoms with Crippen LogP contribution in [0.3, 0.4) is 0 Å². The molecule has 10 heteroatoms. The second kappa shape index (κ2) is 6.33. The van der Waals surface area contributed by atoms with Gasteiger partial charge in [-0.15, -0.1) is 5.01 Å². The van der Waals surface area contributed by atoms with Crippen molar-refractivity contribution in [3.05, 3.63) is 34.6 Å². The van der Waals surface area contributed by atoms with Gasteiger partial charge in [0.1, 0.15) is 5.54 Å². The van der Waals surface area contributed by atoms with Crippen molar-refractivity contribution in [3.8, 4) is 0 Å². The number of carbonyl (C=O) groups excluding carboxylic acids is 2. The van der Waals surface area contributed by atoms with Crippen LogP contribution < -0.4 is 5.32 Å². The molecule has 1 aliphatic heterocycles. The van der Waals surface area contributed by atoms with Crippen molar-refractivity contribution in [1.82, 2.24) is 10.3 Å². The van der Waals surface area contributed by atoms with Crippen molar-refractivity contribution in [3.63, 3.8) is 0 Å². The first-order chi connectivity index (χ1) is 12.2. The zero-order valence-electron chi connectivity index (χ0n) is 13.6. The Morgan fingerprint density at radius 1 is 1.00 bits per heavy atom. The maximum absolute atomic E-state index is 13.6. The average molecular weight is 375 g/mol. The van der Waals surface area contributed by atoms with Gasteiger partial charge in [0.15, 0.2) is 23.3 Å². The quantitative estimate of drug-likeness (QED) is 0.284. The van der Waals surface area contributed by atoms with Crippen LogP contribution >= 0.6 is 0 Å². The van der Waals surface area contributed by atoms with Crippen molar-refractivity contribution in [2.24, 2.45) is 11.0 Å². The second-order valence-corrected chi connectivity index (χ2v) is 6.54. The molecule has 0 bridgehead atoms. The van der Waals surface area contributed by atoms with E-state index in [-0.39, 0.29) is 6.21 Å². The first-order valence-electron chi connectivity index (χ1n) is 7.90. The summed E-state index contributed by atoms with van der Waals surface area (Å²) in [6.07, 6.45) is 2.43. The smallest absolute Gasteiger partial charge is 0.321 e. The van der Waals surface area contributed by atoms with Gasteiger partial charge in [0.05, 0.1) is 11.8 Å². The number of hydrogen-bond donors (Lipinski definition) is 1. The van der Waals surface area contributed by atoms with Crippen LogP contribution in [0.2, 0.25) is 0 Å². The fourth-order valence-corrected chi connectivity index (χ4v) is 3.16. The highest BCUT2D eigenvalue weighted by Crippen LogP contribution is 2.36. The summed E-state index contributed by atoms with van der Waals surface area (Å²) in [6.45, 7) is 2.01. The summed E-state index contributed by atoms with van der Waals surface area (Å²) < 4.78 is 66.7. The molecule has 0 atom stereocenters. The predicted molar refractivity (Wildman–Crippen MR) is 79.6 cm³/mol. The van der Waals surface area contributed by atoms with Crippen molar-refractivity contribution in [2.75, 3.05) is 0 Å². The van der Waals surface area contributed by atoms with Crippen LogP contribution in [0.15, 0.2) is 5.10 Å². The molecule has 0 aromatic heterocycles. The first-order valence-corrected chi connectivity index (χ1v) is 7.90. The standard InChI is InChI=1S/C16H14F5N3O2/c1-7-2-4-16(5-3-7)14(25)24(15(26)23-16)22-6-8-9(17)11(19)13(21)12(20)10(8)18/h6-7H,2-5H2,1H3,(H,23,26). The van der Waals surface area contributed by atoms with E-state index in [2.05, 4.69) is 10.4 Å². The normalized spacial score (nSPS) is 26.2. The van der Waals surface area contributed by atoms with E-state index in [1.54, 1.807) is 0 Å². The average Bonchev–Trinajstić information content (AvgIpc) is 2.85. The van der Waals surface area contributed by atoms with Gasteiger partial charge in [0.2, 0.25) is 5.82 Å². The van der Waals surface area contributed by atoms with E-state index in [4.69, 9.17) is 0 Å². The van der Waals surface area contributed by atoms with E-state index >= 15 is 0 Å². The number of nitrogens with one attached hydrogen (secondary N) is 1. The molecule has 5 nitrogen and oxygen atoms in total. The number of hydrazone groups is 1. The SMILES string of the molecule is CC1CCC2(CC1)NC(=O)N(N=Cc1c(F)c(F)c(F)c(F)c1F)C2=O. The van der Waals surface area contributed by atoms with Gasteiger partial charge in [-0.1, -0.05) is 6.92 Å². The van der Waals surface area contributed by atoms with Gasteiger partial charge in [0, 0.05) is 0 Å². The Morgan fingerprint density at radius 3 is 2.04 bits per heavy atom. The molecule has 1 aromatic carbocycles. The predicted octanol–water partition coefficient (Wildman–Crippen LogP) is 3.22. The highest BCUT2D eigenvalue weighted by atomic mass is 19.2. The molecule has 0 unspecified atom stereocenters. The Hall–Kier alpha value is -2.52. The van der Waals surface area contributed by atoms with Crippen LogP contribution in [0, 0.1) is 35.0 Å². The van der Waals surface area contributed by atoms with Crippen molar-refractivity contribution >= 4 is 18.2 Å². The van der Waals surface area contributed by atoms with Crippen LogP contribution in [-0.2, 0) is 4.79 Å². The molecule has 1 aromatic rings. The van der Waals surface area contributed by atoms with Crippen LogP contribution in [0.25, 0.3) is 0 Å². The van der Waals surface area contributed by atoms with Gasteiger partial charge in [-0.05, 0) is 31.6 Å². The van der Waals surface area contributed by atoms with Gasteiger partial charge >= 0.3 is 6.03 Å². The van der Waals surface area contributed by atoms with Gasteiger partial charge in [-0.3, -0.25) is 4.79 Å². The summed E-state index contributed by atoms with van der Waals surface area (Å²) in [5.41, 5.74) is -2.47. The third-order valence-corrected chi connectivity index (χ3v) is 4.81. The molecule has 1 saturated carbocycles. The minimum atomic E-state index is -2.30. The van der Waals surface area contributed by atoms with Crippen molar-refractivity contribution in [2.45, 2.75) is 38.1 Å². The zero-order valence-corrected chi connectivity index (χ0v) is 13.6. The van der Waals surface area contributed by atoms with Crippen molar-refractivity contribution < 1.29 is 31.5 Å². The van der Waals surface area contributed by atoms with E-state index in [9.17, 15) is 31.5 Å². The largest absolute Gasteiger partial charge is 0.346 e. The van der Waals surface area contributed by atoms with Crippen LogP contribution in [0.5, 0.6) is 0 Å². The lowest BCUT2D eigenvalue weighted by Crippen LogP contribution is -2.49. The lowest BCUT2D eigenvalue weighted by atomic mass is 9.77. The van der Waals surface area contributed by atoms with Gasteiger partial charge in [-0.2, -0.15) is 5.10 Å². The number of rotatable bonds is 2. The number of imide groups is 1. The minimum Gasteiger partial charge on any atom is -0.321 e. The summed E-state index contributed by atoms with van der Waals surface area (Å²) in [4.78, 5) is 24.5. The topological polar surface area (TPSA) is 61.8 Å². The van der Waals surface area contributed by atoms with Gasteiger partial charge < -0.3 is 5.32 Å². The molecular formula is C16H14F5N3O2. The van der Waals surface area contributed by atoms with E-state index in [0.29, 0.717) is 36.6 Å². The maximum atomic E-state index is 13.6. The lowest BCUT2D eigenvalue weighted by Gasteiger charge is -2.33. The first kappa shape index (κ1) is 18.3. The summed E-state index contributed by atoms with van der Waals surface area (Å²) in [7, 11) is 0. The van der Waals surface area contributed by atoms with Crippen LogP contribution in [0.4, 0.5) is 26.7 Å². The Kier molecular flexibility index (Phi) is 4.45. The van der Waals surface area contributed by atoms with Crippen LogP contribution in [-0.4, -0.2) is 28.7 Å². The Labute approximate surface area is 144 Å². The number of benzene rings is 1. The molecule has 1 aliphatic carbocycles. The maximum Gasteiger partial charge on any atom is 0.346 e. The molecule has 2 fully saturated rings. The molecule has 1 spiro atoms. The molecule has 1 heterocycles. The number of halogens is 5. The van der Waals surface area contributed by atoms with E-state index in [0.717, 1.165) is 0 Å². The minimum absolute atomic E-state index is 0.276. The van der Waals surface area contributed by atoms with E-state index in [1.807, 2.05) is 6.92 Å². The molecule has 3 amide bonds. The fraction of sp³-hybridized carbons (Fsp3) is 0.438. The molecule has 1 saturated heterocycles. The Bertz CT molecular complexity index is 790. The molecule has 26 heavy (non-hydrogen) atoms. The van der Waals surface area contributed by atoms with E-state index in [1.165, 1.54) is 0 Å². The third kappa shape index (κ3) is 2.73. The number of urea groups is 1. The highest BCUT2D eigenvalue weighted by Gasteiger charge is 2.52. The van der Waals surface area contributed by atoms with Gasteiger partial charge in [0.25, 0.3) is 5.91 Å². The number of amides is 3. The zero-order chi connectivity index (χ0) is 19.2. The molecular weight excluding hydrogens is 361 g/mol. The lowest BCUT2D eigenvalue weighted by molar-refractivity contribution is -0.132. The van der Waals surface area contributed by atoms with E-state index < -0.39 is 52.1 Å². The molecule has 140 valence electrons. The number of nitrogens with zero attached hydrogens (tertiary/aromatic N) is 2. The Balaban J connectivity index is 1.90. The van der Waals surface area contributed by atoms with Crippen LogP contribution in [0.1, 0.15) is 38.2 Å². The third-order valence-electron chi connectivity index (χ3n) is 4.81. The van der Waals surface area contributed by atoms with Crippen molar-refractivity contribution in [1.29, 1.82) is 0 Å². The molecule has 1 N–H and O–H groups in total. The van der Waals surface area contributed by atoms with Gasteiger partial charge in [-0.25, -0.2) is 26.7 Å². The second-order valence-electron chi connectivity index (χ2n) is 6.54. The molecule has 2 aliphatic rings. The summed E-state index contributed by atoms with van der Waals surface area (Å²) >= 11 is 0. The number of carbonyl (C=O) groups is 2. The molecule has 3 rings (SSSR count). The molecule has 0 radical (unpaired) electrons.